The van der Waals surface area contributed by atoms with Gasteiger partial charge in [0, 0.05) is 11.3 Å². The van der Waals surface area contributed by atoms with E-state index in [0.717, 1.165) is 17.0 Å². The predicted octanol–water partition coefficient (Wildman–Crippen LogP) is 5.54. The molecule has 1 aliphatic rings. The third kappa shape index (κ3) is 5.09. The molecular weight excluding hydrogens is 491 g/mol. The van der Waals surface area contributed by atoms with Gasteiger partial charge in [-0.3, -0.25) is 14.5 Å². The van der Waals surface area contributed by atoms with Crippen LogP contribution in [0.25, 0.3) is 5.76 Å². The Morgan fingerprint density at radius 3 is 2.05 bits per heavy atom. The third-order valence-corrected chi connectivity index (χ3v) is 5.89. The van der Waals surface area contributed by atoms with Crippen molar-refractivity contribution in [1.82, 2.24) is 0 Å². The van der Waals surface area contributed by atoms with Crippen molar-refractivity contribution in [2.75, 3.05) is 19.1 Å². The number of halogens is 3. The number of hydrogen-bond acceptors (Lipinski definition) is 6. The molecule has 3 aromatic rings. The molecule has 1 N–H and O–H groups in total. The van der Waals surface area contributed by atoms with Crippen LogP contribution in [-0.4, -0.2) is 37.4 Å². The minimum absolute atomic E-state index is 0.141. The van der Waals surface area contributed by atoms with Crippen LogP contribution in [0.2, 0.25) is 0 Å². The Labute approximate surface area is 210 Å². The number of hydrogen-bond donors (Lipinski definition) is 1. The second kappa shape index (κ2) is 9.88. The number of aryl methyl sites for hydroxylation is 1. The van der Waals surface area contributed by atoms with E-state index in [0.29, 0.717) is 28.2 Å². The number of rotatable bonds is 6. The van der Waals surface area contributed by atoms with Crippen molar-refractivity contribution in [3.8, 4) is 17.2 Å². The van der Waals surface area contributed by atoms with Gasteiger partial charge in [0.1, 0.15) is 23.0 Å². The molecule has 0 spiro atoms. The van der Waals surface area contributed by atoms with Crippen molar-refractivity contribution in [2.24, 2.45) is 0 Å². The van der Waals surface area contributed by atoms with E-state index in [1.54, 1.807) is 49.4 Å². The number of carbonyl (C=O) groups excluding carboxylic acids is 2. The van der Waals surface area contributed by atoms with Gasteiger partial charge in [0.15, 0.2) is 0 Å². The summed E-state index contributed by atoms with van der Waals surface area (Å²) in [5, 5.41) is 11.2. The highest BCUT2D eigenvalue weighted by Gasteiger charge is 2.47. The molecule has 0 aliphatic carbocycles. The van der Waals surface area contributed by atoms with Crippen LogP contribution in [0.3, 0.4) is 0 Å². The van der Waals surface area contributed by atoms with E-state index in [2.05, 4.69) is 4.74 Å². The Morgan fingerprint density at radius 2 is 1.51 bits per heavy atom. The Balaban J connectivity index is 1.86. The summed E-state index contributed by atoms with van der Waals surface area (Å²) in [6.07, 6.45) is -4.88. The highest BCUT2D eigenvalue weighted by Crippen LogP contribution is 2.43. The number of anilines is 1. The maximum Gasteiger partial charge on any atom is 0.573 e. The van der Waals surface area contributed by atoms with E-state index in [4.69, 9.17) is 9.47 Å². The molecule has 1 amide bonds. The van der Waals surface area contributed by atoms with Crippen LogP contribution < -0.4 is 19.1 Å². The maximum atomic E-state index is 13.2. The van der Waals surface area contributed by atoms with Gasteiger partial charge in [0.25, 0.3) is 11.7 Å². The molecule has 192 valence electrons. The second-order valence-corrected chi connectivity index (χ2v) is 8.17. The first kappa shape index (κ1) is 25.6. The number of ketones is 1. The molecule has 10 heteroatoms. The average molecular weight is 513 g/mol. The van der Waals surface area contributed by atoms with Gasteiger partial charge in [-0.15, -0.1) is 13.2 Å². The number of ether oxygens (including phenoxy) is 3. The van der Waals surface area contributed by atoms with Gasteiger partial charge < -0.3 is 19.3 Å². The van der Waals surface area contributed by atoms with E-state index < -0.39 is 35.6 Å². The summed E-state index contributed by atoms with van der Waals surface area (Å²) in [6.45, 7) is 1.76. The summed E-state index contributed by atoms with van der Waals surface area (Å²) < 4.78 is 52.1. The number of alkyl halides is 3. The van der Waals surface area contributed by atoms with Crippen LogP contribution in [0.15, 0.2) is 72.3 Å². The van der Waals surface area contributed by atoms with Crippen LogP contribution >= 0.6 is 0 Å². The number of aliphatic hydroxyl groups excluding tert-OH is 1. The Hall–Kier alpha value is -4.47. The van der Waals surface area contributed by atoms with Crippen molar-refractivity contribution in [1.29, 1.82) is 0 Å². The Bertz CT molecular complexity index is 1360. The molecule has 1 heterocycles. The number of nitrogens with zero attached hydrogens (tertiary/aromatic N) is 1. The summed E-state index contributed by atoms with van der Waals surface area (Å²) in [5.41, 5.74) is 1.44. The number of aliphatic hydroxyl groups is 1. The molecular formula is C27H22F3NO6. The zero-order chi connectivity index (χ0) is 26.9. The minimum atomic E-state index is -4.88. The quantitative estimate of drug-likeness (QED) is 0.265. The van der Waals surface area contributed by atoms with E-state index >= 15 is 0 Å². The van der Waals surface area contributed by atoms with Crippen LogP contribution in [0.1, 0.15) is 22.7 Å². The van der Waals surface area contributed by atoms with E-state index in [9.17, 15) is 27.9 Å². The van der Waals surface area contributed by atoms with Crippen LogP contribution in [-0.2, 0) is 9.59 Å². The SMILES string of the molecule is COc1ccc(C2/C(=C(/O)c3ccc(OC)c(C)c3)C(=O)C(=O)N2c2ccc(OC(F)(F)F)cc2)cc1. The standard InChI is InChI=1S/C27H22F3NO6/c1-15-14-17(6-13-21(15)36-3)24(32)22-23(16-4-9-19(35-2)10-5-16)31(26(34)25(22)33)18-7-11-20(12-8-18)37-27(28,29)30/h4-14,23,32H,1-3H3/b24-22-. The summed E-state index contributed by atoms with van der Waals surface area (Å²) in [5.74, 6) is -1.67. The predicted molar refractivity (Wildman–Crippen MR) is 129 cm³/mol. The molecule has 1 saturated heterocycles. The number of methoxy groups -OCH3 is 2. The van der Waals surface area contributed by atoms with E-state index in [1.807, 2.05) is 0 Å². The highest BCUT2D eigenvalue weighted by molar-refractivity contribution is 6.51. The van der Waals surface area contributed by atoms with Crippen molar-refractivity contribution in [3.63, 3.8) is 0 Å². The number of amides is 1. The normalized spacial score (nSPS) is 17.1. The lowest BCUT2D eigenvalue weighted by atomic mass is 9.94. The lowest BCUT2D eigenvalue weighted by molar-refractivity contribution is -0.274. The zero-order valence-electron chi connectivity index (χ0n) is 20.0. The molecule has 1 unspecified atom stereocenters. The van der Waals surface area contributed by atoms with E-state index in [1.165, 1.54) is 26.4 Å². The van der Waals surface area contributed by atoms with Crippen molar-refractivity contribution in [3.05, 3.63) is 89.0 Å². The lowest BCUT2D eigenvalue weighted by Crippen LogP contribution is -2.29. The fraction of sp³-hybridized carbons (Fsp3) is 0.185. The highest BCUT2D eigenvalue weighted by atomic mass is 19.4. The van der Waals surface area contributed by atoms with Gasteiger partial charge >= 0.3 is 6.36 Å². The van der Waals surface area contributed by atoms with Crippen molar-refractivity contribution >= 4 is 23.1 Å². The van der Waals surface area contributed by atoms with Gasteiger partial charge in [0.2, 0.25) is 0 Å². The number of benzene rings is 3. The van der Waals surface area contributed by atoms with Crippen LogP contribution in [0, 0.1) is 6.92 Å². The molecule has 0 bridgehead atoms. The molecule has 0 radical (unpaired) electrons. The molecule has 1 atom stereocenters. The summed E-state index contributed by atoms with van der Waals surface area (Å²) in [4.78, 5) is 27.6. The van der Waals surface area contributed by atoms with Gasteiger partial charge in [-0.05, 0) is 72.6 Å². The molecule has 1 aliphatic heterocycles. The van der Waals surface area contributed by atoms with Gasteiger partial charge in [-0.2, -0.15) is 0 Å². The van der Waals surface area contributed by atoms with Gasteiger partial charge in [-0.25, -0.2) is 0 Å². The topological polar surface area (TPSA) is 85.3 Å². The summed E-state index contributed by atoms with van der Waals surface area (Å²) in [7, 11) is 2.99. The maximum absolute atomic E-state index is 13.2. The Morgan fingerprint density at radius 1 is 0.892 bits per heavy atom. The molecule has 37 heavy (non-hydrogen) atoms. The fourth-order valence-electron chi connectivity index (χ4n) is 4.19. The van der Waals surface area contributed by atoms with Gasteiger partial charge in [0.05, 0.1) is 25.8 Å². The largest absolute Gasteiger partial charge is 0.573 e. The third-order valence-electron chi connectivity index (χ3n) is 5.89. The number of Topliss-reactive ketones (excluding diaryl/α,β-unsaturated/α-hetero) is 1. The molecule has 0 saturated carbocycles. The first-order chi connectivity index (χ1) is 17.5. The lowest BCUT2D eigenvalue weighted by Gasteiger charge is -2.26. The number of carbonyl (C=O) groups is 2. The first-order valence-corrected chi connectivity index (χ1v) is 11.0. The fourth-order valence-corrected chi connectivity index (χ4v) is 4.19. The summed E-state index contributed by atoms with van der Waals surface area (Å²) >= 11 is 0. The van der Waals surface area contributed by atoms with Crippen molar-refractivity contribution in [2.45, 2.75) is 19.3 Å². The minimum Gasteiger partial charge on any atom is -0.507 e. The van der Waals surface area contributed by atoms with Gasteiger partial charge in [-0.1, -0.05) is 12.1 Å². The Kier molecular flexibility index (Phi) is 6.84. The molecule has 0 aromatic heterocycles. The summed E-state index contributed by atoms with van der Waals surface area (Å²) in [6, 6.07) is 14.8. The smallest absolute Gasteiger partial charge is 0.507 e. The van der Waals surface area contributed by atoms with Crippen LogP contribution in [0.5, 0.6) is 17.2 Å². The average Bonchev–Trinajstić information content (AvgIpc) is 3.13. The second-order valence-electron chi connectivity index (χ2n) is 8.17. The molecule has 1 fully saturated rings. The monoisotopic (exact) mass is 513 g/mol. The first-order valence-electron chi connectivity index (χ1n) is 11.0. The van der Waals surface area contributed by atoms with Crippen molar-refractivity contribution < 1.29 is 42.1 Å². The zero-order valence-corrected chi connectivity index (χ0v) is 20.0. The van der Waals surface area contributed by atoms with E-state index in [-0.39, 0.29) is 11.3 Å². The molecule has 3 aromatic carbocycles. The molecule has 7 nitrogen and oxygen atoms in total. The van der Waals surface area contributed by atoms with Crippen LogP contribution in [0.4, 0.5) is 18.9 Å². The molecule has 4 rings (SSSR count).